The Kier molecular flexibility index (Phi) is 3.99. The van der Waals surface area contributed by atoms with E-state index in [0.717, 1.165) is 19.5 Å². The number of piperidine rings is 1. The third kappa shape index (κ3) is 2.90. The van der Waals surface area contributed by atoms with Crippen LogP contribution in [0.4, 0.5) is 0 Å². The summed E-state index contributed by atoms with van der Waals surface area (Å²) in [5, 5.41) is 5.59. The van der Waals surface area contributed by atoms with Gasteiger partial charge in [0.2, 0.25) is 0 Å². The minimum absolute atomic E-state index is 0.492. The van der Waals surface area contributed by atoms with Crippen molar-refractivity contribution >= 4 is 11.3 Å². The van der Waals surface area contributed by atoms with Gasteiger partial charge in [-0.25, -0.2) is 4.98 Å². The summed E-state index contributed by atoms with van der Waals surface area (Å²) in [6.45, 7) is 4.57. The first kappa shape index (κ1) is 12.9. The number of hydrogen-bond donors (Lipinski definition) is 1. The molecule has 3 heterocycles. The van der Waals surface area contributed by atoms with E-state index in [4.69, 9.17) is 0 Å². The lowest BCUT2D eigenvalue weighted by atomic mass is 9.94. The maximum absolute atomic E-state index is 4.39. The van der Waals surface area contributed by atoms with Crippen LogP contribution < -0.4 is 5.32 Å². The molecule has 4 heteroatoms. The SMILES string of the molecule is CC(Cc1cccs1)n1cncc1C1CCNCC1. The number of hydrogen-bond acceptors (Lipinski definition) is 3. The van der Waals surface area contributed by atoms with E-state index in [-0.39, 0.29) is 0 Å². The zero-order chi connectivity index (χ0) is 13.1. The molecule has 102 valence electrons. The molecule has 0 radical (unpaired) electrons. The normalized spacial score (nSPS) is 18.6. The highest BCUT2D eigenvalue weighted by molar-refractivity contribution is 7.09. The highest BCUT2D eigenvalue weighted by Gasteiger charge is 2.20. The molecule has 0 aliphatic carbocycles. The average molecular weight is 275 g/mol. The summed E-state index contributed by atoms with van der Waals surface area (Å²) in [4.78, 5) is 5.85. The second-order valence-electron chi connectivity index (χ2n) is 5.38. The maximum Gasteiger partial charge on any atom is 0.0950 e. The zero-order valence-electron chi connectivity index (χ0n) is 11.4. The predicted octanol–water partition coefficient (Wildman–Crippen LogP) is 3.22. The molecule has 1 unspecified atom stereocenters. The van der Waals surface area contributed by atoms with Gasteiger partial charge in [0.15, 0.2) is 0 Å². The van der Waals surface area contributed by atoms with E-state index in [2.05, 4.69) is 45.5 Å². The molecule has 1 saturated heterocycles. The number of nitrogens with zero attached hydrogens (tertiary/aromatic N) is 2. The molecular formula is C15H21N3S. The third-order valence-corrected chi connectivity index (χ3v) is 4.90. The fraction of sp³-hybridized carbons (Fsp3) is 0.533. The number of nitrogens with one attached hydrogen (secondary N) is 1. The van der Waals surface area contributed by atoms with Crippen molar-refractivity contribution in [1.82, 2.24) is 14.9 Å². The van der Waals surface area contributed by atoms with Gasteiger partial charge in [-0.05, 0) is 44.3 Å². The molecule has 0 amide bonds. The molecule has 1 N–H and O–H groups in total. The van der Waals surface area contributed by atoms with Crippen molar-refractivity contribution in [3.63, 3.8) is 0 Å². The highest BCUT2D eigenvalue weighted by Crippen LogP contribution is 2.28. The molecule has 2 aromatic rings. The van der Waals surface area contributed by atoms with Crippen LogP contribution in [0, 0.1) is 0 Å². The molecule has 0 saturated carbocycles. The van der Waals surface area contributed by atoms with Crippen molar-refractivity contribution in [3.05, 3.63) is 40.6 Å². The van der Waals surface area contributed by atoms with Crippen LogP contribution in [0.25, 0.3) is 0 Å². The zero-order valence-corrected chi connectivity index (χ0v) is 12.2. The molecular weight excluding hydrogens is 254 g/mol. The molecule has 1 atom stereocenters. The van der Waals surface area contributed by atoms with Crippen LogP contribution in [0.5, 0.6) is 0 Å². The summed E-state index contributed by atoms with van der Waals surface area (Å²) in [6.07, 6.45) is 7.65. The van der Waals surface area contributed by atoms with E-state index in [0.29, 0.717) is 12.0 Å². The number of aromatic nitrogens is 2. The second-order valence-corrected chi connectivity index (χ2v) is 6.41. The average Bonchev–Trinajstić information content (AvgIpc) is 3.10. The Balaban J connectivity index is 1.75. The number of thiophene rings is 1. The van der Waals surface area contributed by atoms with Crippen molar-refractivity contribution in [2.24, 2.45) is 0 Å². The molecule has 1 aliphatic rings. The van der Waals surface area contributed by atoms with Crippen LogP contribution in [0.2, 0.25) is 0 Å². The molecule has 0 spiro atoms. The largest absolute Gasteiger partial charge is 0.331 e. The van der Waals surface area contributed by atoms with Crippen molar-refractivity contribution in [2.75, 3.05) is 13.1 Å². The Labute approximate surface area is 118 Å². The number of rotatable bonds is 4. The van der Waals surface area contributed by atoms with Gasteiger partial charge < -0.3 is 9.88 Å². The summed E-state index contributed by atoms with van der Waals surface area (Å²) < 4.78 is 2.38. The second kappa shape index (κ2) is 5.88. The Hall–Kier alpha value is -1.13. The lowest BCUT2D eigenvalue weighted by molar-refractivity contribution is 0.422. The van der Waals surface area contributed by atoms with Crippen molar-refractivity contribution in [2.45, 2.75) is 38.1 Å². The van der Waals surface area contributed by atoms with Crippen LogP contribution in [0.3, 0.4) is 0 Å². The molecule has 0 aromatic carbocycles. The molecule has 1 fully saturated rings. The van der Waals surface area contributed by atoms with Crippen molar-refractivity contribution in [3.8, 4) is 0 Å². The first-order chi connectivity index (χ1) is 9.34. The number of imidazole rings is 1. The van der Waals surface area contributed by atoms with E-state index >= 15 is 0 Å². The summed E-state index contributed by atoms with van der Waals surface area (Å²) in [5.41, 5.74) is 1.42. The topological polar surface area (TPSA) is 29.9 Å². The third-order valence-electron chi connectivity index (χ3n) is 4.01. The fourth-order valence-electron chi connectivity index (χ4n) is 2.94. The Bertz CT molecular complexity index is 497. The minimum Gasteiger partial charge on any atom is -0.331 e. The van der Waals surface area contributed by atoms with Gasteiger partial charge >= 0.3 is 0 Å². The van der Waals surface area contributed by atoms with Crippen LogP contribution in [0.1, 0.15) is 42.3 Å². The van der Waals surface area contributed by atoms with Crippen LogP contribution in [0.15, 0.2) is 30.0 Å². The van der Waals surface area contributed by atoms with Crippen molar-refractivity contribution in [1.29, 1.82) is 0 Å². The van der Waals surface area contributed by atoms with Crippen LogP contribution in [-0.4, -0.2) is 22.6 Å². The van der Waals surface area contributed by atoms with E-state index in [9.17, 15) is 0 Å². The minimum atomic E-state index is 0.492. The smallest absolute Gasteiger partial charge is 0.0950 e. The van der Waals surface area contributed by atoms with Gasteiger partial charge in [-0.15, -0.1) is 11.3 Å². The van der Waals surface area contributed by atoms with Gasteiger partial charge in [0.25, 0.3) is 0 Å². The highest BCUT2D eigenvalue weighted by atomic mass is 32.1. The van der Waals surface area contributed by atoms with Crippen molar-refractivity contribution < 1.29 is 0 Å². The summed E-state index contributed by atoms with van der Waals surface area (Å²) in [7, 11) is 0. The first-order valence-corrected chi connectivity index (χ1v) is 7.97. The maximum atomic E-state index is 4.39. The monoisotopic (exact) mass is 275 g/mol. The quantitative estimate of drug-likeness (QED) is 0.928. The molecule has 2 aromatic heterocycles. The lowest BCUT2D eigenvalue weighted by Gasteiger charge is -2.25. The van der Waals surface area contributed by atoms with Gasteiger partial charge in [0.1, 0.15) is 0 Å². The predicted molar refractivity (Wildman–Crippen MR) is 79.8 cm³/mol. The van der Waals surface area contributed by atoms with Crippen LogP contribution >= 0.6 is 11.3 Å². The van der Waals surface area contributed by atoms with E-state index < -0.39 is 0 Å². The Morgan fingerprint density at radius 1 is 1.47 bits per heavy atom. The van der Waals surface area contributed by atoms with Gasteiger partial charge in [0, 0.05) is 35.1 Å². The Morgan fingerprint density at radius 2 is 2.32 bits per heavy atom. The molecule has 3 nitrogen and oxygen atoms in total. The van der Waals surface area contributed by atoms with Gasteiger partial charge in [0.05, 0.1) is 6.33 Å². The summed E-state index contributed by atoms with van der Waals surface area (Å²) in [6, 6.07) is 4.85. The molecule has 0 bridgehead atoms. The molecule has 3 rings (SSSR count). The standard InChI is InChI=1S/C15H21N3S/c1-12(9-14-3-2-8-19-14)18-11-17-10-15(18)13-4-6-16-7-5-13/h2-3,8,10-13,16H,4-7,9H2,1H3. The van der Waals surface area contributed by atoms with Gasteiger partial charge in [-0.2, -0.15) is 0 Å². The summed E-state index contributed by atoms with van der Waals surface area (Å²) >= 11 is 1.85. The molecule has 19 heavy (non-hydrogen) atoms. The molecule has 1 aliphatic heterocycles. The van der Waals surface area contributed by atoms with Gasteiger partial charge in [-0.3, -0.25) is 0 Å². The van der Waals surface area contributed by atoms with E-state index in [1.54, 1.807) is 0 Å². The first-order valence-electron chi connectivity index (χ1n) is 7.09. The Morgan fingerprint density at radius 3 is 3.05 bits per heavy atom. The van der Waals surface area contributed by atoms with Gasteiger partial charge in [-0.1, -0.05) is 6.07 Å². The summed E-state index contributed by atoms with van der Waals surface area (Å²) in [5.74, 6) is 0.675. The fourth-order valence-corrected chi connectivity index (χ4v) is 3.76. The van der Waals surface area contributed by atoms with E-state index in [1.807, 2.05) is 17.7 Å². The lowest BCUT2D eigenvalue weighted by Crippen LogP contribution is -2.28. The van der Waals surface area contributed by atoms with E-state index in [1.165, 1.54) is 23.4 Å². The van der Waals surface area contributed by atoms with Crippen LogP contribution in [-0.2, 0) is 6.42 Å².